The third-order valence-corrected chi connectivity index (χ3v) is 10.9. The van der Waals surface area contributed by atoms with Gasteiger partial charge in [0.05, 0.1) is 17.7 Å². The van der Waals surface area contributed by atoms with Crippen LogP contribution in [0.3, 0.4) is 0 Å². The van der Waals surface area contributed by atoms with E-state index in [2.05, 4.69) is 5.32 Å². The Morgan fingerprint density at radius 2 is 1.90 bits per heavy atom. The fourth-order valence-electron chi connectivity index (χ4n) is 4.64. The molecule has 10 heteroatoms. The van der Waals surface area contributed by atoms with Crippen molar-refractivity contribution in [1.82, 2.24) is 15.1 Å². The number of carboxylic acids is 1. The average Bonchev–Trinajstić information content (AvgIpc) is 2.88. The number of hydrogen-bond acceptors (Lipinski definition) is 5. The highest BCUT2D eigenvalue weighted by Gasteiger charge is 2.72. The lowest BCUT2D eigenvalue weighted by molar-refractivity contribution is -0.157. The summed E-state index contributed by atoms with van der Waals surface area (Å²) in [5, 5.41) is 22.0. The van der Waals surface area contributed by atoms with Crippen molar-refractivity contribution in [2.75, 3.05) is 19.0 Å². The largest absolute Gasteiger partial charge is 0.480 e. The summed E-state index contributed by atoms with van der Waals surface area (Å²) in [6.07, 6.45) is 0.0230. The molecular formula is C21H29N3O6S. The molecule has 2 heterocycles. The standard InChI is InChI=1S/C21H29N3O6S/c1-4-22-15(26)12-23(11-14-8-6-5-7-9-14)20(30)31(13-25)17-10-16(27)24(17)18(19(28)29)21(31,2)3/h5-9,17-18,25H,4,10-13H2,1-3H3,(H,22,26)(H,28,29)/t17-,18+/m1/s1. The van der Waals surface area contributed by atoms with Crippen molar-refractivity contribution in [3.63, 3.8) is 0 Å². The minimum atomic E-state index is -2.72. The normalized spacial score (nSPS) is 28.1. The lowest BCUT2D eigenvalue weighted by atomic mass is 9.98. The van der Waals surface area contributed by atoms with Gasteiger partial charge in [-0.2, -0.15) is 0 Å². The van der Waals surface area contributed by atoms with Crippen molar-refractivity contribution < 1.29 is 29.4 Å². The van der Waals surface area contributed by atoms with Crippen LogP contribution >= 0.6 is 10.0 Å². The Hall–Kier alpha value is -2.59. The van der Waals surface area contributed by atoms with Crippen molar-refractivity contribution in [3.05, 3.63) is 35.9 Å². The molecule has 2 aliphatic rings. The molecule has 0 saturated carbocycles. The zero-order valence-electron chi connectivity index (χ0n) is 17.9. The van der Waals surface area contributed by atoms with E-state index < -0.39 is 43.3 Å². The molecule has 170 valence electrons. The molecule has 0 bridgehead atoms. The van der Waals surface area contributed by atoms with Crippen LogP contribution in [-0.4, -0.2) is 78.2 Å². The second-order valence-corrected chi connectivity index (χ2v) is 12.1. The van der Waals surface area contributed by atoms with Gasteiger partial charge in [0.2, 0.25) is 11.8 Å². The summed E-state index contributed by atoms with van der Waals surface area (Å²) in [6.45, 7) is 5.37. The number of likely N-dealkylation sites (N-methyl/N-ethyl adjacent to an activating group) is 1. The summed E-state index contributed by atoms with van der Waals surface area (Å²) >= 11 is 0. The maximum atomic E-state index is 14.0. The van der Waals surface area contributed by atoms with Crippen molar-refractivity contribution in [2.24, 2.45) is 0 Å². The number of amides is 3. The van der Waals surface area contributed by atoms with Crippen LogP contribution in [0.4, 0.5) is 4.79 Å². The molecule has 31 heavy (non-hydrogen) atoms. The number of nitrogens with one attached hydrogen (secondary N) is 1. The molecule has 0 radical (unpaired) electrons. The first-order valence-corrected chi connectivity index (χ1v) is 12.0. The van der Waals surface area contributed by atoms with Crippen LogP contribution in [-0.2, 0) is 20.9 Å². The number of carbonyl (C=O) groups excluding carboxylic acids is 3. The fraction of sp³-hybridized carbons (Fsp3) is 0.524. The van der Waals surface area contributed by atoms with Crippen molar-refractivity contribution in [3.8, 4) is 0 Å². The first-order chi connectivity index (χ1) is 14.6. The van der Waals surface area contributed by atoms with Crippen molar-refractivity contribution in [1.29, 1.82) is 0 Å². The van der Waals surface area contributed by atoms with E-state index >= 15 is 0 Å². The van der Waals surface area contributed by atoms with E-state index in [1.165, 1.54) is 9.80 Å². The molecule has 2 aliphatic heterocycles. The number of aliphatic hydroxyl groups is 1. The molecule has 3 N–H and O–H groups in total. The summed E-state index contributed by atoms with van der Waals surface area (Å²) in [6, 6.07) is 7.95. The molecule has 9 nitrogen and oxygen atoms in total. The van der Waals surface area contributed by atoms with Gasteiger partial charge in [0.25, 0.3) is 5.24 Å². The van der Waals surface area contributed by atoms with E-state index in [1.807, 2.05) is 30.3 Å². The average molecular weight is 452 g/mol. The zero-order valence-corrected chi connectivity index (χ0v) is 18.7. The van der Waals surface area contributed by atoms with E-state index in [-0.39, 0.29) is 31.3 Å². The Morgan fingerprint density at radius 1 is 1.26 bits per heavy atom. The van der Waals surface area contributed by atoms with Gasteiger partial charge in [0.1, 0.15) is 12.6 Å². The topological polar surface area (TPSA) is 127 Å². The third-order valence-electron chi connectivity index (χ3n) is 6.22. The zero-order chi connectivity index (χ0) is 23.0. The molecule has 1 aromatic carbocycles. The highest BCUT2D eigenvalue weighted by molar-refractivity contribution is 8.46. The lowest BCUT2D eigenvalue weighted by Crippen LogP contribution is -2.57. The predicted molar refractivity (Wildman–Crippen MR) is 116 cm³/mol. The molecule has 0 spiro atoms. The van der Waals surface area contributed by atoms with Gasteiger partial charge >= 0.3 is 5.97 Å². The number of rotatable bonds is 7. The molecular weight excluding hydrogens is 422 g/mol. The number of hydrogen-bond donors (Lipinski definition) is 3. The summed E-state index contributed by atoms with van der Waals surface area (Å²) in [7, 11) is -2.72. The smallest absolute Gasteiger partial charge is 0.327 e. The minimum absolute atomic E-state index is 0.0230. The molecule has 3 rings (SSSR count). The third kappa shape index (κ3) is 3.57. The van der Waals surface area contributed by atoms with E-state index in [9.17, 15) is 29.4 Å². The Morgan fingerprint density at radius 3 is 2.39 bits per heavy atom. The summed E-state index contributed by atoms with van der Waals surface area (Å²) in [5.41, 5.74) is 0.805. The van der Waals surface area contributed by atoms with Gasteiger partial charge in [0, 0.05) is 17.8 Å². The summed E-state index contributed by atoms with van der Waals surface area (Å²) in [5.74, 6) is -2.42. The van der Waals surface area contributed by atoms with E-state index in [4.69, 9.17) is 0 Å². The van der Waals surface area contributed by atoms with Gasteiger partial charge in [-0.3, -0.25) is 14.4 Å². The molecule has 3 amide bonds. The Bertz CT molecular complexity index is 892. The Kier molecular flexibility index (Phi) is 6.33. The van der Waals surface area contributed by atoms with Crippen LogP contribution in [0.1, 0.15) is 32.8 Å². The van der Waals surface area contributed by atoms with E-state index in [1.54, 1.807) is 20.8 Å². The molecule has 1 unspecified atom stereocenters. The Balaban J connectivity index is 2.03. The van der Waals surface area contributed by atoms with E-state index in [0.717, 1.165) is 5.56 Å². The molecule has 0 aliphatic carbocycles. The number of β-lactam (4-membered cyclic amide) rings is 1. The fourth-order valence-corrected chi connectivity index (χ4v) is 8.90. The van der Waals surface area contributed by atoms with E-state index in [0.29, 0.717) is 6.54 Å². The maximum absolute atomic E-state index is 14.0. The van der Waals surface area contributed by atoms with Crippen LogP contribution in [0, 0.1) is 0 Å². The van der Waals surface area contributed by atoms with Crippen molar-refractivity contribution in [2.45, 2.75) is 49.9 Å². The molecule has 2 fully saturated rings. The second kappa shape index (κ2) is 8.51. The number of nitrogens with zero attached hydrogens (tertiary/aromatic N) is 2. The van der Waals surface area contributed by atoms with Crippen LogP contribution in [0.25, 0.3) is 0 Å². The predicted octanol–water partition coefficient (Wildman–Crippen LogP) is 1.30. The van der Waals surface area contributed by atoms with Crippen LogP contribution in [0.5, 0.6) is 0 Å². The van der Waals surface area contributed by atoms with Gasteiger partial charge in [-0.25, -0.2) is 4.79 Å². The highest BCUT2D eigenvalue weighted by atomic mass is 32.3. The second-order valence-electron chi connectivity index (χ2n) is 8.29. The van der Waals surface area contributed by atoms with Gasteiger partial charge in [-0.05, 0) is 26.3 Å². The maximum Gasteiger partial charge on any atom is 0.327 e. The first kappa shape index (κ1) is 23.1. The van der Waals surface area contributed by atoms with Crippen LogP contribution in [0.2, 0.25) is 0 Å². The molecule has 2 saturated heterocycles. The summed E-state index contributed by atoms with van der Waals surface area (Å²) < 4.78 is -1.17. The minimum Gasteiger partial charge on any atom is -0.480 e. The monoisotopic (exact) mass is 451 g/mol. The van der Waals surface area contributed by atoms with Crippen LogP contribution in [0.15, 0.2) is 30.3 Å². The van der Waals surface area contributed by atoms with Gasteiger partial charge in [0.15, 0.2) is 0 Å². The lowest BCUT2D eigenvalue weighted by Gasteiger charge is -2.50. The van der Waals surface area contributed by atoms with Crippen molar-refractivity contribution >= 4 is 33.1 Å². The number of carboxylic acid groups (broad SMARTS) is 1. The Labute approximate surface area is 182 Å². The molecule has 1 aromatic rings. The molecule has 0 aromatic heterocycles. The first-order valence-electron chi connectivity index (χ1n) is 10.2. The number of aliphatic hydroxyl groups excluding tert-OH is 1. The van der Waals surface area contributed by atoms with Crippen LogP contribution < -0.4 is 5.32 Å². The summed E-state index contributed by atoms with van der Waals surface area (Å²) in [4.78, 5) is 53.4. The quantitative estimate of drug-likeness (QED) is 0.537. The molecule has 3 atom stereocenters. The number of aliphatic carboxylic acids is 1. The number of benzene rings is 1. The highest BCUT2D eigenvalue weighted by Crippen LogP contribution is 2.74. The number of fused-ring (bicyclic) bond motifs is 1. The number of carbonyl (C=O) groups is 4. The van der Waals surface area contributed by atoms with Gasteiger partial charge < -0.3 is 25.3 Å². The van der Waals surface area contributed by atoms with Gasteiger partial charge in [-0.15, -0.1) is 10.0 Å². The van der Waals surface area contributed by atoms with Gasteiger partial charge in [-0.1, -0.05) is 30.3 Å². The SMILES string of the molecule is CCNC(=O)CN(Cc1ccccc1)C(=O)S1(CO)[C@@H]2CC(=O)N2[C@@H](C(=O)O)C1(C)C.